The number of rotatable bonds is 4. The number of aliphatic carboxylic acids is 1. The Morgan fingerprint density at radius 3 is 2.27 bits per heavy atom. The molecule has 0 aromatic heterocycles. The fraction of sp³-hybridized carbons (Fsp3) is 0.818. The normalized spacial score (nSPS) is 18.3. The van der Waals surface area contributed by atoms with Gasteiger partial charge >= 0.3 is 5.97 Å². The van der Waals surface area contributed by atoms with Gasteiger partial charge in [-0.15, -0.1) is 0 Å². The highest BCUT2D eigenvalue weighted by Gasteiger charge is 2.34. The minimum atomic E-state index is -0.966. The summed E-state index contributed by atoms with van der Waals surface area (Å²) in [5.74, 6) is -0.620. The first-order valence-electron chi connectivity index (χ1n) is 5.33. The molecule has 0 saturated heterocycles. The summed E-state index contributed by atoms with van der Waals surface area (Å²) >= 11 is 0. The lowest BCUT2D eigenvalue weighted by atomic mass is 9.86. The molecule has 1 atom stereocenters. The lowest BCUT2D eigenvalue weighted by molar-refractivity contribution is -0.145. The molecule has 86 valence electrons. The monoisotopic (exact) mass is 213 g/mol. The summed E-state index contributed by atoms with van der Waals surface area (Å²) in [4.78, 5) is 22.4. The summed E-state index contributed by atoms with van der Waals surface area (Å²) in [6.45, 7) is 5.43. The number of carboxylic acids is 1. The van der Waals surface area contributed by atoms with Crippen molar-refractivity contribution < 1.29 is 14.7 Å². The number of hydrogen-bond donors (Lipinski definition) is 2. The van der Waals surface area contributed by atoms with Gasteiger partial charge in [-0.2, -0.15) is 0 Å². The van der Waals surface area contributed by atoms with Crippen molar-refractivity contribution in [3.63, 3.8) is 0 Å². The minimum Gasteiger partial charge on any atom is -0.480 e. The van der Waals surface area contributed by atoms with E-state index >= 15 is 0 Å². The van der Waals surface area contributed by atoms with Crippen LogP contribution < -0.4 is 5.32 Å². The molecule has 15 heavy (non-hydrogen) atoms. The number of amides is 1. The van der Waals surface area contributed by atoms with Gasteiger partial charge in [-0.25, -0.2) is 4.79 Å². The first-order valence-corrected chi connectivity index (χ1v) is 5.33. The summed E-state index contributed by atoms with van der Waals surface area (Å²) < 4.78 is 0. The lowest BCUT2D eigenvalue weighted by Gasteiger charge is -2.27. The minimum absolute atomic E-state index is 0.139. The third-order valence-electron chi connectivity index (χ3n) is 2.59. The third kappa shape index (κ3) is 3.90. The van der Waals surface area contributed by atoms with Crippen LogP contribution in [0.15, 0.2) is 0 Å². The van der Waals surface area contributed by atoms with Gasteiger partial charge in [-0.1, -0.05) is 20.8 Å². The molecule has 1 rings (SSSR count). The van der Waals surface area contributed by atoms with Crippen LogP contribution in [0.2, 0.25) is 0 Å². The molecule has 0 radical (unpaired) electrons. The van der Waals surface area contributed by atoms with Gasteiger partial charge in [-0.3, -0.25) is 4.79 Å². The van der Waals surface area contributed by atoms with Crippen molar-refractivity contribution in [3.8, 4) is 0 Å². The van der Waals surface area contributed by atoms with E-state index in [-0.39, 0.29) is 5.91 Å². The van der Waals surface area contributed by atoms with E-state index in [1.165, 1.54) is 0 Å². The first kappa shape index (κ1) is 12.0. The Bertz CT molecular complexity index is 263. The van der Waals surface area contributed by atoms with E-state index in [9.17, 15) is 9.59 Å². The lowest BCUT2D eigenvalue weighted by Crippen LogP contribution is -2.49. The number of nitrogens with one attached hydrogen (secondary N) is 1. The largest absolute Gasteiger partial charge is 0.480 e. The van der Waals surface area contributed by atoms with Crippen LogP contribution in [0.4, 0.5) is 0 Å². The second-order valence-corrected chi connectivity index (χ2v) is 5.35. The summed E-state index contributed by atoms with van der Waals surface area (Å²) in [7, 11) is 0. The third-order valence-corrected chi connectivity index (χ3v) is 2.59. The maximum Gasteiger partial charge on any atom is 0.326 e. The predicted molar refractivity (Wildman–Crippen MR) is 56.4 cm³/mol. The Morgan fingerprint density at radius 1 is 1.40 bits per heavy atom. The van der Waals surface area contributed by atoms with Crippen LogP contribution in [0.25, 0.3) is 0 Å². The second-order valence-electron chi connectivity index (χ2n) is 5.35. The quantitative estimate of drug-likeness (QED) is 0.741. The topological polar surface area (TPSA) is 66.4 Å². The van der Waals surface area contributed by atoms with Crippen LogP contribution in [0, 0.1) is 11.3 Å². The van der Waals surface area contributed by atoms with Crippen LogP contribution in [-0.2, 0) is 9.59 Å². The molecular weight excluding hydrogens is 194 g/mol. The highest BCUT2D eigenvalue weighted by Crippen LogP contribution is 2.32. The van der Waals surface area contributed by atoms with Gasteiger partial charge in [0.2, 0.25) is 5.91 Å². The van der Waals surface area contributed by atoms with Crippen molar-refractivity contribution in [2.45, 2.75) is 46.1 Å². The molecule has 1 saturated carbocycles. The first-order chi connectivity index (χ1) is 6.80. The number of carbonyl (C=O) groups excluding carboxylic acids is 1. The van der Waals surface area contributed by atoms with Crippen molar-refractivity contribution in [1.82, 2.24) is 5.32 Å². The van der Waals surface area contributed by atoms with Crippen molar-refractivity contribution in [2.75, 3.05) is 0 Å². The molecule has 1 aliphatic rings. The average Bonchev–Trinajstić information content (AvgIpc) is 2.81. The number of carbonyl (C=O) groups is 2. The highest BCUT2D eigenvalue weighted by atomic mass is 16.4. The van der Waals surface area contributed by atoms with Crippen LogP contribution in [0.1, 0.15) is 40.0 Å². The molecule has 1 unspecified atom stereocenters. The van der Waals surface area contributed by atoms with E-state index in [2.05, 4.69) is 5.32 Å². The molecule has 0 spiro atoms. The average molecular weight is 213 g/mol. The summed E-state index contributed by atoms with van der Waals surface area (Å²) in [6, 6.07) is -0.802. The Balaban J connectivity index is 2.49. The summed E-state index contributed by atoms with van der Waals surface area (Å²) in [6.07, 6.45) is 2.67. The zero-order valence-electron chi connectivity index (χ0n) is 9.54. The second kappa shape index (κ2) is 4.21. The van der Waals surface area contributed by atoms with Crippen molar-refractivity contribution in [1.29, 1.82) is 0 Å². The van der Waals surface area contributed by atoms with E-state index in [4.69, 9.17) is 5.11 Å². The summed E-state index contributed by atoms with van der Waals surface area (Å²) in [5, 5.41) is 11.6. The van der Waals surface area contributed by atoms with Gasteiger partial charge in [0.25, 0.3) is 0 Å². The molecular formula is C11H19NO3. The van der Waals surface area contributed by atoms with Crippen LogP contribution in [-0.4, -0.2) is 23.0 Å². The van der Waals surface area contributed by atoms with Crippen molar-refractivity contribution in [3.05, 3.63) is 0 Å². The Labute approximate surface area is 90.0 Å². The fourth-order valence-corrected chi connectivity index (χ4v) is 1.45. The van der Waals surface area contributed by atoms with Crippen LogP contribution >= 0.6 is 0 Å². The Hall–Kier alpha value is -1.06. The van der Waals surface area contributed by atoms with E-state index in [1.54, 1.807) is 0 Å². The predicted octanol–water partition coefficient (Wildman–Crippen LogP) is 1.40. The van der Waals surface area contributed by atoms with E-state index in [1.807, 2.05) is 20.8 Å². The Morgan fingerprint density at radius 2 is 1.93 bits per heavy atom. The molecule has 0 aromatic carbocycles. The van der Waals surface area contributed by atoms with Gasteiger partial charge in [0.15, 0.2) is 0 Å². The van der Waals surface area contributed by atoms with Gasteiger partial charge in [0.1, 0.15) is 6.04 Å². The zero-order chi connectivity index (χ0) is 11.6. The fourth-order valence-electron chi connectivity index (χ4n) is 1.45. The maximum absolute atomic E-state index is 11.5. The molecule has 4 nitrogen and oxygen atoms in total. The molecule has 1 amide bonds. The van der Waals surface area contributed by atoms with Crippen LogP contribution in [0.5, 0.6) is 0 Å². The maximum atomic E-state index is 11.5. The van der Waals surface area contributed by atoms with Gasteiger partial charge in [0.05, 0.1) is 0 Å². The number of hydrogen-bond acceptors (Lipinski definition) is 2. The molecule has 0 bridgehead atoms. The highest BCUT2D eigenvalue weighted by molar-refractivity contribution is 5.84. The molecule has 0 aliphatic heterocycles. The molecule has 2 N–H and O–H groups in total. The molecule has 4 heteroatoms. The van der Waals surface area contributed by atoms with E-state index in [0.29, 0.717) is 12.3 Å². The van der Waals surface area contributed by atoms with E-state index in [0.717, 1.165) is 12.8 Å². The molecule has 0 aromatic rings. The van der Waals surface area contributed by atoms with Gasteiger partial charge in [0, 0.05) is 6.42 Å². The molecule has 1 fully saturated rings. The molecule has 0 heterocycles. The smallest absolute Gasteiger partial charge is 0.326 e. The standard InChI is InChI=1S/C11H19NO3/c1-11(2,3)9(10(14)15)12-8(13)6-7-4-5-7/h7,9H,4-6H2,1-3H3,(H,12,13)(H,14,15). The van der Waals surface area contributed by atoms with Gasteiger partial charge in [-0.05, 0) is 24.2 Å². The van der Waals surface area contributed by atoms with Crippen LogP contribution in [0.3, 0.4) is 0 Å². The molecule has 1 aliphatic carbocycles. The Kier molecular flexibility index (Phi) is 3.37. The summed E-state index contributed by atoms with van der Waals surface area (Å²) in [5.41, 5.74) is -0.453. The van der Waals surface area contributed by atoms with Crippen molar-refractivity contribution in [2.24, 2.45) is 11.3 Å². The van der Waals surface area contributed by atoms with Gasteiger partial charge < -0.3 is 10.4 Å². The van der Waals surface area contributed by atoms with E-state index < -0.39 is 17.4 Å². The SMILES string of the molecule is CC(C)(C)C(NC(=O)CC1CC1)C(=O)O. The number of carboxylic acid groups (broad SMARTS) is 1. The zero-order valence-corrected chi connectivity index (χ0v) is 9.54. The van der Waals surface area contributed by atoms with Crippen molar-refractivity contribution >= 4 is 11.9 Å².